The first kappa shape index (κ1) is 27.9. The quantitative estimate of drug-likeness (QED) is 0.293. The smallest absolute Gasteiger partial charge is 0.249 e. The van der Waals surface area contributed by atoms with Gasteiger partial charge in [0.2, 0.25) is 17.8 Å². The van der Waals surface area contributed by atoms with Crippen LogP contribution in [0.3, 0.4) is 0 Å². The van der Waals surface area contributed by atoms with E-state index in [1.54, 1.807) is 29.1 Å². The Morgan fingerprint density at radius 1 is 1.14 bits per heavy atom. The summed E-state index contributed by atoms with van der Waals surface area (Å²) in [5.74, 6) is 1.69. The molecule has 15 heteroatoms. The molecule has 0 radical (unpaired) electrons. The van der Waals surface area contributed by atoms with Gasteiger partial charge < -0.3 is 20.0 Å². The van der Waals surface area contributed by atoms with Crippen LogP contribution in [0.15, 0.2) is 48.2 Å². The molecule has 2 aliphatic rings. The molecular weight excluding hydrogens is 585 g/mol. The molecule has 0 bridgehead atoms. The number of carbonyl (C=O) groups is 2. The largest absolute Gasteiger partial charge is 0.341 e. The number of pyridine rings is 1. The second-order valence-corrected chi connectivity index (χ2v) is 12.1. The summed E-state index contributed by atoms with van der Waals surface area (Å²) >= 11 is 1.53. The molecule has 5 aromatic heterocycles. The minimum absolute atomic E-state index is 0.0199. The number of rotatable bonds is 6. The number of nitrogens with one attached hydrogen (secondary N) is 2. The van der Waals surface area contributed by atoms with Gasteiger partial charge in [-0.1, -0.05) is 6.07 Å². The highest BCUT2D eigenvalue weighted by Gasteiger charge is 2.53. The number of piperidine rings is 1. The molecule has 0 aromatic carbocycles. The predicted molar refractivity (Wildman–Crippen MR) is 162 cm³/mol. The summed E-state index contributed by atoms with van der Waals surface area (Å²) in [5, 5.41) is 17.4. The van der Waals surface area contributed by atoms with E-state index in [9.17, 15) is 14.0 Å². The minimum atomic E-state index is -0.971. The van der Waals surface area contributed by atoms with Gasteiger partial charge in [-0.2, -0.15) is 15.2 Å². The fourth-order valence-corrected chi connectivity index (χ4v) is 6.74. The van der Waals surface area contributed by atoms with E-state index in [2.05, 4.69) is 30.5 Å². The zero-order chi connectivity index (χ0) is 30.6. The number of likely N-dealkylation sites (N-methyl/N-ethyl adjacent to an activating group) is 1. The third-order valence-corrected chi connectivity index (χ3v) is 9.43. The molecule has 0 aliphatic carbocycles. The van der Waals surface area contributed by atoms with Crippen molar-refractivity contribution < 1.29 is 14.0 Å². The van der Waals surface area contributed by atoms with Gasteiger partial charge in [-0.3, -0.25) is 14.7 Å². The van der Waals surface area contributed by atoms with Gasteiger partial charge in [0.1, 0.15) is 22.7 Å². The monoisotopic (exact) mass is 615 g/mol. The van der Waals surface area contributed by atoms with E-state index in [4.69, 9.17) is 9.97 Å². The lowest BCUT2D eigenvalue weighted by atomic mass is 9.82. The van der Waals surface area contributed by atoms with E-state index < -0.39 is 17.4 Å². The van der Waals surface area contributed by atoms with Gasteiger partial charge in [0.25, 0.3) is 0 Å². The van der Waals surface area contributed by atoms with E-state index in [0.29, 0.717) is 49.3 Å². The molecule has 2 amide bonds. The van der Waals surface area contributed by atoms with Crippen molar-refractivity contribution in [3.05, 3.63) is 65.3 Å². The number of piperazine rings is 1. The Labute approximate surface area is 255 Å². The molecule has 1 unspecified atom stereocenters. The molecule has 5 aromatic rings. The molecule has 1 atom stereocenters. The Morgan fingerprint density at radius 2 is 1.95 bits per heavy atom. The molecule has 2 fully saturated rings. The first-order valence-corrected chi connectivity index (χ1v) is 15.1. The van der Waals surface area contributed by atoms with E-state index >= 15 is 0 Å². The number of aromatic amines is 1. The molecule has 2 N–H and O–H groups in total. The lowest BCUT2D eigenvalue weighted by molar-refractivity contribution is -0.167. The lowest BCUT2D eigenvalue weighted by Crippen LogP contribution is -2.69. The highest BCUT2D eigenvalue weighted by atomic mass is 32.1. The fourth-order valence-electron chi connectivity index (χ4n) is 5.98. The summed E-state index contributed by atoms with van der Waals surface area (Å²) in [5.41, 5.74) is 0.730. The zero-order valence-electron chi connectivity index (χ0n) is 24.4. The van der Waals surface area contributed by atoms with Crippen LogP contribution < -0.4 is 10.2 Å². The van der Waals surface area contributed by atoms with Crippen LogP contribution in [0.4, 0.5) is 22.0 Å². The van der Waals surface area contributed by atoms with Crippen molar-refractivity contribution in [3.8, 4) is 5.82 Å². The maximum Gasteiger partial charge on any atom is 0.249 e. The van der Waals surface area contributed by atoms with E-state index in [-0.39, 0.29) is 18.4 Å². The summed E-state index contributed by atoms with van der Waals surface area (Å²) in [4.78, 5) is 47.8. The Kier molecular flexibility index (Phi) is 6.76. The van der Waals surface area contributed by atoms with E-state index in [0.717, 1.165) is 27.7 Å². The number of aryl methyl sites for hydroxylation is 1. The summed E-state index contributed by atoms with van der Waals surface area (Å²) in [6.07, 6.45) is 4.87. The highest BCUT2D eigenvalue weighted by Crippen LogP contribution is 2.38. The van der Waals surface area contributed by atoms with Gasteiger partial charge in [0, 0.05) is 38.1 Å². The minimum Gasteiger partial charge on any atom is -0.341 e. The molecule has 1 spiro atoms. The molecular formula is C29H30FN11O2S. The Balaban J connectivity index is 1.11. The van der Waals surface area contributed by atoms with Gasteiger partial charge in [0.05, 0.1) is 23.8 Å². The molecule has 0 saturated carbocycles. The molecule has 2 saturated heterocycles. The molecule has 13 nitrogen and oxygen atoms in total. The standard InChI is InChI=1S/C29H30FN11O2S/c1-17-12-22(37-36-17)33-25-21-6-11-44-26(21)35-28(34-25)39-9-7-29(8-10-39)27(43)40(16-24(42)38(29)3)18(2)19-4-5-23(31-13-19)41-15-20(30)14-32-41/h4-6,11-15,18H,7-10,16H2,1-3H3,(H2,33,34,35,36,37). The van der Waals surface area contributed by atoms with E-state index in [1.807, 2.05) is 37.4 Å². The molecule has 226 valence electrons. The van der Waals surface area contributed by atoms with Crippen LogP contribution in [-0.4, -0.2) is 88.8 Å². The zero-order valence-corrected chi connectivity index (χ0v) is 25.2. The Hall–Kier alpha value is -4.92. The third-order valence-electron chi connectivity index (χ3n) is 8.63. The number of aromatic nitrogens is 7. The third kappa shape index (κ3) is 4.72. The summed E-state index contributed by atoms with van der Waals surface area (Å²) in [6.45, 7) is 4.80. The van der Waals surface area contributed by atoms with Crippen LogP contribution in [0.25, 0.3) is 16.0 Å². The van der Waals surface area contributed by atoms with Gasteiger partial charge in [-0.25, -0.2) is 19.0 Å². The average Bonchev–Trinajstić information content (AvgIpc) is 3.79. The van der Waals surface area contributed by atoms with Crippen molar-refractivity contribution >= 4 is 51.0 Å². The topological polar surface area (TPSA) is 141 Å². The van der Waals surface area contributed by atoms with Crippen LogP contribution in [0.2, 0.25) is 0 Å². The number of fused-ring (bicyclic) bond motifs is 1. The maximum atomic E-state index is 14.2. The number of anilines is 3. The number of carbonyl (C=O) groups excluding carboxylic acids is 2. The lowest BCUT2D eigenvalue weighted by Gasteiger charge is -2.52. The van der Waals surface area contributed by atoms with E-state index in [1.165, 1.54) is 22.2 Å². The SMILES string of the molecule is Cc1cc(Nc2nc(N3CCC4(CC3)C(=O)N(C(C)c3ccc(-n5cc(F)cn5)nc3)CC(=O)N4C)nc3sccc23)n[nH]1. The van der Waals surface area contributed by atoms with Crippen molar-refractivity contribution in [3.63, 3.8) is 0 Å². The van der Waals surface area contributed by atoms with Crippen LogP contribution in [0.1, 0.15) is 37.1 Å². The molecule has 44 heavy (non-hydrogen) atoms. The van der Waals surface area contributed by atoms with Gasteiger partial charge in [0.15, 0.2) is 17.5 Å². The summed E-state index contributed by atoms with van der Waals surface area (Å²) in [7, 11) is 1.72. The molecule has 7 heterocycles. The Bertz CT molecular complexity index is 1860. The number of nitrogens with zero attached hydrogens (tertiary/aromatic N) is 9. The average molecular weight is 616 g/mol. The van der Waals surface area contributed by atoms with Crippen molar-refractivity contribution in [2.24, 2.45) is 0 Å². The number of amides is 2. The van der Waals surface area contributed by atoms with Crippen LogP contribution in [0, 0.1) is 12.7 Å². The second-order valence-electron chi connectivity index (χ2n) is 11.2. The summed E-state index contributed by atoms with van der Waals surface area (Å²) < 4.78 is 14.8. The normalized spacial score (nSPS) is 17.6. The molecule has 2 aliphatic heterocycles. The van der Waals surface area contributed by atoms with Gasteiger partial charge in [-0.05, 0) is 49.8 Å². The number of hydrogen-bond acceptors (Lipinski definition) is 10. The van der Waals surface area contributed by atoms with Crippen molar-refractivity contribution in [2.45, 2.75) is 38.3 Å². The number of halogens is 1. The second kappa shape index (κ2) is 10.7. The van der Waals surface area contributed by atoms with Crippen LogP contribution in [0.5, 0.6) is 0 Å². The predicted octanol–water partition coefficient (Wildman–Crippen LogP) is 3.59. The van der Waals surface area contributed by atoms with Gasteiger partial charge in [-0.15, -0.1) is 11.3 Å². The maximum absolute atomic E-state index is 14.2. The highest BCUT2D eigenvalue weighted by molar-refractivity contribution is 7.16. The van der Waals surface area contributed by atoms with Gasteiger partial charge >= 0.3 is 0 Å². The molecule has 7 rings (SSSR count). The number of hydrogen-bond donors (Lipinski definition) is 2. The van der Waals surface area contributed by atoms with Crippen molar-refractivity contribution in [2.75, 3.05) is 36.9 Å². The fraction of sp³-hybridized carbons (Fsp3) is 0.345. The van der Waals surface area contributed by atoms with Crippen LogP contribution in [-0.2, 0) is 9.59 Å². The first-order chi connectivity index (χ1) is 21.2. The number of H-pyrrole nitrogens is 1. The first-order valence-electron chi connectivity index (χ1n) is 14.3. The number of thiophene rings is 1. The Morgan fingerprint density at radius 3 is 2.64 bits per heavy atom. The van der Waals surface area contributed by atoms with Crippen molar-refractivity contribution in [1.82, 2.24) is 44.7 Å². The van der Waals surface area contributed by atoms with Crippen molar-refractivity contribution in [1.29, 1.82) is 0 Å². The summed E-state index contributed by atoms with van der Waals surface area (Å²) in [6, 6.07) is 7.04. The van der Waals surface area contributed by atoms with Crippen LogP contribution >= 0.6 is 11.3 Å².